The normalized spacial score (nSPS) is 13.2. The van der Waals surface area contributed by atoms with E-state index in [1.54, 1.807) is 0 Å². The van der Waals surface area contributed by atoms with E-state index in [0.717, 1.165) is 47.4 Å². The van der Waals surface area contributed by atoms with Gasteiger partial charge in [0.15, 0.2) is 11.5 Å². The molecule has 1 N–H and O–H groups in total. The number of hydrogen-bond donors (Lipinski definition) is 1. The first kappa shape index (κ1) is 18.8. The second kappa shape index (κ2) is 9.69. The third kappa shape index (κ3) is 5.22. The van der Waals surface area contributed by atoms with E-state index in [1.165, 1.54) is 5.56 Å². The summed E-state index contributed by atoms with van der Waals surface area (Å²) in [6.45, 7) is 9.04. The highest BCUT2D eigenvalue weighted by Crippen LogP contribution is 2.38. The van der Waals surface area contributed by atoms with Crippen LogP contribution in [0.1, 0.15) is 18.9 Å². The number of para-hydroxylation sites is 1. The second-order valence-electron chi connectivity index (χ2n) is 5.16. The molecule has 2 aliphatic rings. The molecule has 0 spiro atoms. The molecule has 0 unspecified atom stereocenters. The number of rotatable bonds is 2. The van der Waals surface area contributed by atoms with Crippen molar-refractivity contribution < 1.29 is 14.2 Å². The monoisotopic (exact) mass is 357 g/mol. The molecule has 25 heavy (non-hydrogen) atoms. The van der Waals surface area contributed by atoms with Crippen LogP contribution in [0.25, 0.3) is 0 Å². The van der Waals surface area contributed by atoms with E-state index in [9.17, 15) is 0 Å². The predicted molar refractivity (Wildman–Crippen MR) is 106 cm³/mol. The van der Waals surface area contributed by atoms with Crippen LogP contribution < -0.4 is 19.5 Å². The summed E-state index contributed by atoms with van der Waals surface area (Å²) in [6, 6.07) is 13.8. The summed E-state index contributed by atoms with van der Waals surface area (Å²) >= 11 is 5.13. The molecule has 2 aliphatic heterocycles. The number of thiocarbonyl (C=S) groups is 1. The molecule has 2 heterocycles. The molecule has 0 saturated carbocycles. The minimum atomic E-state index is 0.322. The Hall–Kier alpha value is -2.53. The maximum Gasteiger partial charge on any atom is 0.231 e. The van der Waals surface area contributed by atoms with Crippen LogP contribution in [-0.4, -0.2) is 18.4 Å². The van der Waals surface area contributed by atoms with Crippen LogP contribution in [0.15, 0.2) is 55.6 Å². The van der Waals surface area contributed by atoms with E-state index in [2.05, 4.69) is 18.5 Å². The van der Waals surface area contributed by atoms with Crippen molar-refractivity contribution in [1.29, 1.82) is 0 Å². The van der Waals surface area contributed by atoms with Gasteiger partial charge in [0.25, 0.3) is 0 Å². The van der Waals surface area contributed by atoms with Crippen molar-refractivity contribution in [1.82, 2.24) is 0 Å². The van der Waals surface area contributed by atoms with E-state index < -0.39 is 0 Å². The molecule has 0 saturated heterocycles. The summed E-state index contributed by atoms with van der Waals surface area (Å²) in [6.07, 6.45) is 1.90. The summed E-state index contributed by atoms with van der Waals surface area (Å²) in [5, 5.41) is 3.19. The first-order chi connectivity index (χ1) is 12.3. The molecule has 0 radical (unpaired) electrons. The molecule has 4 rings (SSSR count). The van der Waals surface area contributed by atoms with Crippen LogP contribution in [0.5, 0.6) is 17.2 Å². The number of anilines is 1. The van der Waals surface area contributed by atoms with Gasteiger partial charge in [-0.2, -0.15) is 0 Å². The quantitative estimate of drug-likeness (QED) is 0.606. The molecular formula is C20H23NO3S. The van der Waals surface area contributed by atoms with Crippen molar-refractivity contribution in [3.63, 3.8) is 0 Å². The van der Waals surface area contributed by atoms with Gasteiger partial charge < -0.3 is 19.5 Å². The van der Waals surface area contributed by atoms with Crippen LogP contribution in [0.3, 0.4) is 0 Å². The van der Waals surface area contributed by atoms with Gasteiger partial charge in [0.05, 0.1) is 11.6 Å². The minimum absolute atomic E-state index is 0.322. The summed E-state index contributed by atoms with van der Waals surface area (Å²) in [7, 11) is 0. The van der Waals surface area contributed by atoms with Crippen LogP contribution in [0.2, 0.25) is 0 Å². The van der Waals surface area contributed by atoms with Gasteiger partial charge in [0, 0.05) is 18.2 Å². The average molecular weight is 357 g/mol. The number of ether oxygens (including phenoxy) is 3. The zero-order chi connectivity index (χ0) is 18.1. The van der Waals surface area contributed by atoms with E-state index in [-0.39, 0.29) is 0 Å². The number of aryl methyl sites for hydroxylation is 1. The van der Waals surface area contributed by atoms with Crippen LogP contribution in [0, 0.1) is 0 Å². The summed E-state index contributed by atoms with van der Waals surface area (Å²) in [5.74, 6) is 2.60. The Bertz CT molecular complexity index is 704. The van der Waals surface area contributed by atoms with Crippen molar-refractivity contribution in [3.8, 4) is 17.2 Å². The van der Waals surface area contributed by atoms with E-state index in [0.29, 0.717) is 6.79 Å². The standard InChI is InChI=1S/C10H9NO2S.C8H10O.C2H4/c14-10-2-1-6-3-8-9(13-5-12-8)4-7(6)11-10;1-2-9-8-6-4-3-5-7-8;1-2/h3-4H,1-2,5H2,(H,11,14);3-7H,2H2,1H3;1-2H2. The van der Waals surface area contributed by atoms with Gasteiger partial charge in [0.2, 0.25) is 6.79 Å². The largest absolute Gasteiger partial charge is 0.494 e. The third-order valence-corrected chi connectivity index (χ3v) is 3.85. The molecular weight excluding hydrogens is 334 g/mol. The van der Waals surface area contributed by atoms with Gasteiger partial charge in [-0.1, -0.05) is 30.4 Å². The van der Waals surface area contributed by atoms with E-state index in [4.69, 9.17) is 26.4 Å². The number of fused-ring (bicyclic) bond motifs is 2. The zero-order valence-corrected chi connectivity index (χ0v) is 15.2. The Kier molecular flexibility index (Phi) is 7.29. The third-order valence-electron chi connectivity index (χ3n) is 3.55. The molecule has 2 aromatic rings. The van der Waals surface area contributed by atoms with Crippen molar-refractivity contribution in [3.05, 3.63) is 61.2 Å². The fourth-order valence-corrected chi connectivity index (χ4v) is 2.66. The molecule has 0 amide bonds. The molecule has 4 nitrogen and oxygen atoms in total. The van der Waals surface area contributed by atoms with Gasteiger partial charge >= 0.3 is 0 Å². The lowest BCUT2D eigenvalue weighted by molar-refractivity contribution is 0.174. The van der Waals surface area contributed by atoms with E-state index in [1.807, 2.05) is 49.4 Å². The lowest BCUT2D eigenvalue weighted by Gasteiger charge is -2.18. The van der Waals surface area contributed by atoms with Crippen LogP contribution >= 0.6 is 12.2 Å². The number of benzene rings is 2. The Balaban J connectivity index is 0.000000179. The van der Waals surface area contributed by atoms with Crippen molar-refractivity contribution >= 4 is 22.9 Å². The molecule has 0 fully saturated rings. The molecule has 5 heteroatoms. The van der Waals surface area contributed by atoms with Gasteiger partial charge in [-0.3, -0.25) is 0 Å². The van der Waals surface area contributed by atoms with Gasteiger partial charge in [-0.05, 0) is 37.1 Å². The highest BCUT2D eigenvalue weighted by molar-refractivity contribution is 7.80. The molecule has 0 aliphatic carbocycles. The number of nitrogens with one attached hydrogen (secondary N) is 1. The van der Waals surface area contributed by atoms with E-state index >= 15 is 0 Å². The highest BCUT2D eigenvalue weighted by Gasteiger charge is 2.20. The van der Waals surface area contributed by atoms with Crippen molar-refractivity contribution in [2.45, 2.75) is 19.8 Å². The van der Waals surface area contributed by atoms with Gasteiger partial charge in [-0.15, -0.1) is 13.2 Å². The van der Waals surface area contributed by atoms with Crippen LogP contribution in [-0.2, 0) is 6.42 Å². The smallest absolute Gasteiger partial charge is 0.231 e. The zero-order valence-electron chi connectivity index (χ0n) is 14.4. The second-order valence-corrected chi connectivity index (χ2v) is 5.65. The molecule has 0 atom stereocenters. The summed E-state index contributed by atoms with van der Waals surface area (Å²) in [4.78, 5) is 0.899. The minimum Gasteiger partial charge on any atom is -0.494 e. The number of hydrogen-bond acceptors (Lipinski definition) is 4. The molecule has 2 aromatic carbocycles. The molecule has 0 bridgehead atoms. The van der Waals surface area contributed by atoms with Crippen molar-refractivity contribution in [2.75, 3.05) is 18.7 Å². The fourth-order valence-electron chi connectivity index (χ4n) is 2.45. The Labute approximate surface area is 154 Å². The summed E-state index contributed by atoms with van der Waals surface area (Å²) in [5.41, 5.74) is 2.31. The Morgan fingerprint density at radius 1 is 1.08 bits per heavy atom. The lowest BCUT2D eigenvalue weighted by atomic mass is 10.0. The highest BCUT2D eigenvalue weighted by atomic mass is 32.1. The van der Waals surface area contributed by atoms with Crippen LogP contribution in [0.4, 0.5) is 5.69 Å². The fraction of sp³-hybridized carbons (Fsp3) is 0.250. The van der Waals surface area contributed by atoms with Gasteiger partial charge in [0.1, 0.15) is 5.75 Å². The molecule has 132 valence electrons. The molecule has 0 aromatic heterocycles. The first-order valence-corrected chi connectivity index (χ1v) is 8.57. The first-order valence-electron chi connectivity index (χ1n) is 8.16. The lowest BCUT2D eigenvalue weighted by Crippen LogP contribution is -2.16. The predicted octanol–water partition coefficient (Wildman–Crippen LogP) is 4.99. The summed E-state index contributed by atoms with van der Waals surface area (Å²) < 4.78 is 15.8. The van der Waals surface area contributed by atoms with Gasteiger partial charge in [-0.25, -0.2) is 0 Å². The topological polar surface area (TPSA) is 39.7 Å². The maximum absolute atomic E-state index is 5.31. The van der Waals surface area contributed by atoms with Crippen molar-refractivity contribution in [2.24, 2.45) is 0 Å². The Morgan fingerprint density at radius 3 is 2.44 bits per heavy atom. The maximum atomic E-state index is 5.31. The average Bonchev–Trinajstić information content (AvgIpc) is 3.10. The SMILES string of the molecule is C=C.CCOc1ccccc1.S=C1CCc2cc3c(cc2N1)OCO3. The Morgan fingerprint density at radius 2 is 1.76 bits per heavy atom.